The fourth-order valence-electron chi connectivity index (χ4n) is 3.93. The first kappa shape index (κ1) is 18.5. The molecule has 4 rings (SSSR count). The molecular formula is C24H24O4. The molecule has 3 aromatic rings. The van der Waals surface area contributed by atoms with Gasteiger partial charge in [0.1, 0.15) is 11.3 Å². The molecule has 2 unspecified atom stereocenters. The van der Waals surface area contributed by atoms with E-state index in [1.165, 1.54) is 5.56 Å². The summed E-state index contributed by atoms with van der Waals surface area (Å²) in [5.74, 6) is 1.04. The Morgan fingerprint density at radius 1 is 1.11 bits per heavy atom. The number of carbonyl (C=O) groups is 1. The number of benzene rings is 2. The van der Waals surface area contributed by atoms with E-state index >= 15 is 0 Å². The minimum absolute atomic E-state index is 0.0250. The number of ether oxygens (including phenoxy) is 1. The molecule has 1 heterocycles. The third kappa shape index (κ3) is 3.35. The maximum absolute atomic E-state index is 13.2. The summed E-state index contributed by atoms with van der Waals surface area (Å²) in [6.45, 7) is 4.12. The van der Waals surface area contributed by atoms with Gasteiger partial charge in [0.25, 0.3) is 0 Å². The molecule has 0 radical (unpaired) electrons. The number of carbonyl (C=O) groups excluding carboxylic acids is 1. The van der Waals surface area contributed by atoms with E-state index in [2.05, 4.69) is 19.1 Å². The van der Waals surface area contributed by atoms with Crippen LogP contribution in [0.3, 0.4) is 0 Å². The zero-order valence-corrected chi connectivity index (χ0v) is 16.2. The predicted molar refractivity (Wildman–Crippen MR) is 109 cm³/mol. The molecule has 1 aliphatic carbocycles. The van der Waals surface area contributed by atoms with Crippen molar-refractivity contribution in [1.82, 2.24) is 0 Å². The summed E-state index contributed by atoms with van der Waals surface area (Å²) in [5.41, 5.74) is 2.93. The van der Waals surface area contributed by atoms with Crippen LogP contribution >= 0.6 is 0 Å². The van der Waals surface area contributed by atoms with Crippen LogP contribution in [0.15, 0.2) is 57.7 Å². The van der Waals surface area contributed by atoms with Crippen molar-refractivity contribution in [3.8, 4) is 0 Å². The lowest BCUT2D eigenvalue weighted by Crippen LogP contribution is -2.14. The number of hydrogen-bond acceptors (Lipinski definition) is 4. The summed E-state index contributed by atoms with van der Waals surface area (Å²) in [6, 6.07) is 15.3. The molecule has 144 valence electrons. The van der Waals surface area contributed by atoms with Crippen LogP contribution in [-0.2, 0) is 11.2 Å². The molecular weight excluding hydrogens is 352 g/mol. The molecule has 0 aliphatic heterocycles. The van der Waals surface area contributed by atoms with E-state index < -0.39 is 5.97 Å². The van der Waals surface area contributed by atoms with E-state index in [1.807, 2.05) is 18.2 Å². The molecule has 2 atom stereocenters. The van der Waals surface area contributed by atoms with E-state index in [4.69, 9.17) is 9.15 Å². The molecule has 0 bridgehead atoms. The van der Waals surface area contributed by atoms with Gasteiger partial charge in [0, 0.05) is 11.5 Å². The second kappa shape index (κ2) is 7.63. The van der Waals surface area contributed by atoms with Crippen molar-refractivity contribution in [3.63, 3.8) is 0 Å². The average Bonchev–Trinajstić information content (AvgIpc) is 3.51. The van der Waals surface area contributed by atoms with E-state index in [0.717, 1.165) is 24.2 Å². The van der Waals surface area contributed by atoms with Gasteiger partial charge in [-0.05, 0) is 49.4 Å². The molecule has 4 nitrogen and oxygen atoms in total. The van der Waals surface area contributed by atoms with E-state index in [9.17, 15) is 9.59 Å². The molecule has 4 heteroatoms. The number of esters is 1. The van der Waals surface area contributed by atoms with E-state index in [1.54, 1.807) is 25.1 Å². The van der Waals surface area contributed by atoms with Gasteiger partial charge in [0.15, 0.2) is 5.43 Å². The first-order chi connectivity index (χ1) is 13.6. The maximum Gasteiger partial charge on any atom is 0.338 e. The Bertz CT molecular complexity index is 1070. The normalized spacial score (nSPS) is 18.2. The topological polar surface area (TPSA) is 56.5 Å². The quantitative estimate of drug-likeness (QED) is 0.555. The van der Waals surface area contributed by atoms with Crippen LogP contribution in [0.25, 0.3) is 11.0 Å². The van der Waals surface area contributed by atoms with Crippen molar-refractivity contribution in [2.75, 3.05) is 6.61 Å². The minimum Gasteiger partial charge on any atom is -0.462 e. The standard InChI is InChI=1S/C24H24O4/c1-3-8-17-22(25)20-13-16(24(26)27-4-2)11-12-21(20)28-23(17)19-14-18(19)15-9-6-5-7-10-15/h5-7,9-13,18-19H,3-4,8,14H2,1-2H3. The van der Waals surface area contributed by atoms with Crippen LogP contribution in [-0.4, -0.2) is 12.6 Å². The summed E-state index contributed by atoms with van der Waals surface area (Å²) in [7, 11) is 0. The van der Waals surface area contributed by atoms with Crippen molar-refractivity contribution >= 4 is 16.9 Å². The second-order valence-corrected chi connectivity index (χ2v) is 7.31. The molecule has 0 N–H and O–H groups in total. The maximum atomic E-state index is 13.2. The van der Waals surface area contributed by atoms with Crippen LogP contribution in [0, 0.1) is 0 Å². The molecule has 0 spiro atoms. The largest absolute Gasteiger partial charge is 0.462 e. The highest BCUT2D eigenvalue weighted by Gasteiger charge is 2.43. The third-order valence-electron chi connectivity index (χ3n) is 5.38. The lowest BCUT2D eigenvalue weighted by Gasteiger charge is -2.10. The highest BCUT2D eigenvalue weighted by molar-refractivity contribution is 5.94. The molecule has 0 saturated heterocycles. The van der Waals surface area contributed by atoms with Gasteiger partial charge in [0.05, 0.1) is 17.6 Å². The van der Waals surface area contributed by atoms with Crippen LogP contribution in [0.5, 0.6) is 0 Å². The predicted octanol–water partition coefficient (Wildman–Crippen LogP) is 5.19. The van der Waals surface area contributed by atoms with Crippen molar-refractivity contribution < 1.29 is 13.9 Å². The fraction of sp³-hybridized carbons (Fsp3) is 0.333. The van der Waals surface area contributed by atoms with Gasteiger partial charge in [-0.25, -0.2) is 4.79 Å². The molecule has 1 aliphatic rings. The third-order valence-corrected chi connectivity index (χ3v) is 5.38. The second-order valence-electron chi connectivity index (χ2n) is 7.31. The molecule has 1 aromatic heterocycles. The molecule has 1 saturated carbocycles. The lowest BCUT2D eigenvalue weighted by molar-refractivity contribution is 0.0526. The van der Waals surface area contributed by atoms with Crippen molar-refractivity contribution in [3.05, 3.63) is 81.2 Å². The molecule has 1 fully saturated rings. The van der Waals surface area contributed by atoms with Crippen LogP contribution in [0.1, 0.15) is 65.8 Å². The Morgan fingerprint density at radius 2 is 1.89 bits per heavy atom. The monoisotopic (exact) mass is 376 g/mol. The van der Waals surface area contributed by atoms with E-state index in [-0.39, 0.29) is 11.3 Å². The SMILES string of the molecule is CCCc1c(C2CC2c2ccccc2)oc2ccc(C(=O)OCC)cc2c1=O. The number of hydrogen-bond donors (Lipinski definition) is 0. The van der Waals surface area contributed by atoms with Crippen LogP contribution in [0.4, 0.5) is 0 Å². The van der Waals surface area contributed by atoms with Gasteiger partial charge in [-0.15, -0.1) is 0 Å². The average molecular weight is 376 g/mol. The summed E-state index contributed by atoms with van der Waals surface area (Å²) in [6.07, 6.45) is 2.54. The Morgan fingerprint density at radius 3 is 2.61 bits per heavy atom. The van der Waals surface area contributed by atoms with Gasteiger partial charge >= 0.3 is 5.97 Å². The first-order valence-corrected chi connectivity index (χ1v) is 9.95. The summed E-state index contributed by atoms with van der Waals surface area (Å²) in [5, 5.41) is 0.453. The first-order valence-electron chi connectivity index (χ1n) is 9.95. The number of fused-ring (bicyclic) bond motifs is 1. The van der Waals surface area contributed by atoms with Gasteiger partial charge in [0.2, 0.25) is 0 Å². The smallest absolute Gasteiger partial charge is 0.338 e. The summed E-state index contributed by atoms with van der Waals surface area (Å²) < 4.78 is 11.3. The molecule has 0 amide bonds. The van der Waals surface area contributed by atoms with Crippen molar-refractivity contribution in [2.24, 2.45) is 0 Å². The summed E-state index contributed by atoms with van der Waals surface area (Å²) in [4.78, 5) is 25.3. The van der Waals surface area contributed by atoms with Gasteiger partial charge in [-0.2, -0.15) is 0 Å². The molecule has 2 aromatic carbocycles. The highest BCUT2D eigenvalue weighted by Crippen LogP contribution is 2.55. The Kier molecular flexibility index (Phi) is 5.03. The Labute approximate surface area is 164 Å². The fourth-order valence-corrected chi connectivity index (χ4v) is 3.93. The van der Waals surface area contributed by atoms with Crippen molar-refractivity contribution in [1.29, 1.82) is 0 Å². The van der Waals surface area contributed by atoms with Crippen LogP contribution in [0.2, 0.25) is 0 Å². The zero-order valence-electron chi connectivity index (χ0n) is 16.2. The lowest BCUT2D eigenvalue weighted by atomic mass is 10.0. The Hall–Kier alpha value is -2.88. The van der Waals surface area contributed by atoms with Crippen LogP contribution < -0.4 is 5.43 Å². The van der Waals surface area contributed by atoms with E-state index in [0.29, 0.717) is 35.5 Å². The Balaban J connectivity index is 1.77. The number of rotatable bonds is 6. The zero-order chi connectivity index (χ0) is 19.7. The van der Waals surface area contributed by atoms with Crippen molar-refractivity contribution in [2.45, 2.75) is 44.9 Å². The minimum atomic E-state index is -0.420. The van der Waals surface area contributed by atoms with Gasteiger partial charge < -0.3 is 9.15 Å². The highest BCUT2D eigenvalue weighted by atomic mass is 16.5. The van der Waals surface area contributed by atoms with Gasteiger partial charge in [-0.1, -0.05) is 43.7 Å². The summed E-state index contributed by atoms with van der Waals surface area (Å²) >= 11 is 0. The van der Waals surface area contributed by atoms with Gasteiger partial charge in [-0.3, -0.25) is 4.79 Å². The molecule has 28 heavy (non-hydrogen) atoms.